The van der Waals surface area contributed by atoms with Crippen LogP contribution in [0.25, 0.3) is 0 Å². The van der Waals surface area contributed by atoms with E-state index in [1.165, 1.54) is 0 Å². The number of carbonyl (C=O) groups is 1. The van der Waals surface area contributed by atoms with E-state index in [-0.39, 0.29) is 5.91 Å². The van der Waals surface area contributed by atoms with Crippen molar-refractivity contribution in [2.24, 2.45) is 11.7 Å². The summed E-state index contributed by atoms with van der Waals surface area (Å²) in [4.78, 5) is 12.0. The van der Waals surface area contributed by atoms with Gasteiger partial charge in [-0.2, -0.15) is 0 Å². The number of nitrogens with one attached hydrogen (secondary N) is 1. The molecule has 0 saturated heterocycles. The Kier molecular flexibility index (Phi) is 7.15. The molecule has 1 amide bonds. The summed E-state index contributed by atoms with van der Waals surface area (Å²) in [6.45, 7) is 6.54. The van der Waals surface area contributed by atoms with E-state index in [2.05, 4.69) is 19.2 Å². The van der Waals surface area contributed by atoms with Gasteiger partial charge in [-0.3, -0.25) is 4.79 Å². The molecule has 4 nitrogen and oxygen atoms in total. The van der Waals surface area contributed by atoms with Gasteiger partial charge in [-0.15, -0.1) is 0 Å². The van der Waals surface area contributed by atoms with Crippen LogP contribution in [0.4, 0.5) is 0 Å². The fourth-order valence-electron chi connectivity index (χ4n) is 1.77. The lowest BCUT2D eigenvalue weighted by Crippen LogP contribution is -2.28. The second-order valence-corrected chi connectivity index (χ2v) is 4.92. The van der Waals surface area contributed by atoms with E-state index < -0.39 is 0 Å². The molecule has 0 fully saturated rings. The minimum Gasteiger partial charge on any atom is -0.379 e. The summed E-state index contributed by atoms with van der Waals surface area (Å²) in [5.41, 5.74) is 7.24. The molecule has 0 heterocycles. The maximum Gasteiger partial charge on any atom is 0.251 e. The average Bonchev–Trinajstić information content (AvgIpc) is 2.39. The van der Waals surface area contributed by atoms with E-state index in [1.807, 2.05) is 24.3 Å². The molecule has 0 spiro atoms. The minimum absolute atomic E-state index is 0.0582. The zero-order valence-corrected chi connectivity index (χ0v) is 11.8. The molecule has 0 atom stereocenters. The van der Waals surface area contributed by atoms with Crippen molar-refractivity contribution in [1.29, 1.82) is 0 Å². The van der Waals surface area contributed by atoms with Gasteiger partial charge in [0.25, 0.3) is 5.91 Å². The highest BCUT2D eigenvalue weighted by Gasteiger charge is 2.09. The summed E-state index contributed by atoms with van der Waals surface area (Å²) in [7, 11) is 0. The fourth-order valence-corrected chi connectivity index (χ4v) is 1.77. The monoisotopic (exact) mass is 264 g/mol. The van der Waals surface area contributed by atoms with Gasteiger partial charge in [0.1, 0.15) is 0 Å². The Bertz CT molecular complexity index is 391. The van der Waals surface area contributed by atoms with Crippen molar-refractivity contribution in [3.05, 3.63) is 35.4 Å². The highest BCUT2D eigenvalue weighted by molar-refractivity contribution is 5.95. The molecule has 4 heteroatoms. The number of ether oxygens (including phenoxy) is 1. The first-order valence-corrected chi connectivity index (χ1v) is 6.79. The second kappa shape index (κ2) is 8.67. The molecule has 0 bridgehead atoms. The van der Waals surface area contributed by atoms with Gasteiger partial charge in [-0.1, -0.05) is 32.0 Å². The summed E-state index contributed by atoms with van der Waals surface area (Å²) in [5, 5.41) is 2.87. The average molecular weight is 264 g/mol. The first-order chi connectivity index (χ1) is 9.15. The van der Waals surface area contributed by atoms with Crippen LogP contribution in [0.15, 0.2) is 24.3 Å². The maximum absolute atomic E-state index is 12.0. The van der Waals surface area contributed by atoms with Crippen molar-refractivity contribution in [2.45, 2.75) is 20.3 Å². The fraction of sp³-hybridized carbons (Fsp3) is 0.533. The van der Waals surface area contributed by atoms with Crippen LogP contribution in [0.5, 0.6) is 0 Å². The zero-order valence-electron chi connectivity index (χ0n) is 11.8. The lowest BCUT2D eigenvalue weighted by molar-refractivity contribution is 0.0885. The molecule has 1 aromatic rings. The molecule has 106 valence electrons. The normalized spacial score (nSPS) is 10.7. The van der Waals surface area contributed by atoms with Gasteiger partial charge in [-0.25, -0.2) is 0 Å². The van der Waals surface area contributed by atoms with Crippen LogP contribution in [-0.4, -0.2) is 32.2 Å². The van der Waals surface area contributed by atoms with E-state index in [0.717, 1.165) is 12.2 Å². The van der Waals surface area contributed by atoms with Gasteiger partial charge in [0, 0.05) is 18.7 Å². The summed E-state index contributed by atoms with van der Waals surface area (Å²) in [5.74, 6) is 0.457. The molecule has 0 unspecified atom stereocenters. The maximum atomic E-state index is 12.0. The van der Waals surface area contributed by atoms with Crippen molar-refractivity contribution in [3.63, 3.8) is 0 Å². The Morgan fingerprint density at radius 1 is 1.37 bits per heavy atom. The van der Waals surface area contributed by atoms with Gasteiger partial charge in [0.05, 0.1) is 6.61 Å². The summed E-state index contributed by atoms with van der Waals surface area (Å²) >= 11 is 0. The Morgan fingerprint density at radius 2 is 2.11 bits per heavy atom. The molecule has 3 N–H and O–H groups in total. The topological polar surface area (TPSA) is 64.3 Å². The minimum atomic E-state index is -0.0582. The largest absolute Gasteiger partial charge is 0.379 e. The lowest BCUT2D eigenvalue weighted by atomic mass is 10.0. The lowest BCUT2D eigenvalue weighted by Gasteiger charge is -2.10. The Labute approximate surface area is 115 Å². The molecule has 1 rings (SSSR count). The van der Waals surface area contributed by atoms with Crippen LogP contribution in [0, 0.1) is 5.92 Å². The third kappa shape index (κ3) is 5.85. The molecule has 19 heavy (non-hydrogen) atoms. The number of nitrogens with two attached hydrogens (primary N) is 1. The van der Waals surface area contributed by atoms with Crippen LogP contribution in [0.2, 0.25) is 0 Å². The molecule has 0 aliphatic rings. The van der Waals surface area contributed by atoms with Crippen molar-refractivity contribution < 1.29 is 9.53 Å². The third-order valence-corrected chi connectivity index (χ3v) is 2.66. The number of amides is 1. The Balaban J connectivity index is 2.41. The van der Waals surface area contributed by atoms with E-state index >= 15 is 0 Å². The van der Waals surface area contributed by atoms with Crippen LogP contribution in [0.1, 0.15) is 29.8 Å². The van der Waals surface area contributed by atoms with Crippen molar-refractivity contribution in [2.75, 3.05) is 26.3 Å². The second-order valence-electron chi connectivity index (χ2n) is 4.92. The van der Waals surface area contributed by atoms with Gasteiger partial charge in [-0.05, 0) is 30.5 Å². The Hall–Kier alpha value is -1.39. The predicted octanol–water partition coefficient (Wildman–Crippen LogP) is 1.59. The van der Waals surface area contributed by atoms with Crippen molar-refractivity contribution >= 4 is 5.91 Å². The highest BCUT2D eigenvalue weighted by atomic mass is 16.5. The smallest absolute Gasteiger partial charge is 0.251 e. The number of hydrogen-bond acceptors (Lipinski definition) is 3. The third-order valence-electron chi connectivity index (χ3n) is 2.66. The standard InChI is InChI=1S/C15H24N2O2/c1-12(2)11-19-10-9-17-15(18)14-6-4-3-5-13(14)7-8-16/h3-6,12H,7-11,16H2,1-2H3,(H,17,18). The molecule has 0 aromatic heterocycles. The molecular weight excluding hydrogens is 240 g/mol. The van der Waals surface area contributed by atoms with Crippen LogP contribution >= 0.6 is 0 Å². The molecular formula is C15H24N2O2. The number of hydrogen-bond donors (Lipinski definition) is 2. The zero-order chi connectivity index (χ0) is 14.1. The first-order valence-electron chi connectivity index (χ1n) is 6.79. The van der Waals surface area contributed by atoms with Crippen LogP contribution in [0.3, 0.4) is 0 Å². The first kappa shape index (κ1) is 15.7. The number of carbonyl (C=O) groups excluding carboxylic acids is 1. The number of benzene rings is 1. The molecule has 0 saturated carbocycles. The molecule has 0 aliphatic heterocycles. The van der Waals surface area contributed by atoms with Gasteiger partial charge >= 0.3 is 0 Å². The molecule has 1 aromatic carbocycles. The summed E-state index contributed by atoms with van der Waals surface area (Å²) in [6.07, 6.45) is 0.716. The number of rotatable bonds is 8. The van der Waals surface area contributed by atoms with Gasteiger partial charge in [0.2, 0.25) is 0 Å². The van der Waals surface area contributed by atoms with E-state index in [1.54, 1.807) is 0 Å². The van der Waals surface area contributed by atoms with E-state index in [0.29, 0.717) is 37.6 Å². The van der Waals surface area contributed by atoms with Crippen LogP contribution in [-0.2, 0) is 11.2 Å². The van der Waals surface area contributed by atoms with Gasteiger partial charge in [0.15, 0.2) is 0 Å². The van der Waals surface area contributed by atoms with E-state index in [4.69, 9.17) is 10.5 Å². The van der Waals surface area contributed by atoms with Crippen molar-refractivity contribution in [1.82, 2.24) is 5.32 Å². The Morgan fingerprint density at radius 3 is 2.79 bits per heavy atom. The predicted molar refractivity (Wildman–Crippen MR) is 77.2 cm³/mol. The van der Waals surface area contributed by atoms with Crippen molar-refractivity contribution in [3.8, 4) is 0 Å². The SMILES string of the molecule is CC(C)COCCNC(=O)c1ccccc1CCN. The summed E-state index contributed by atoms with van der Waals surface area (Å²) < 4.78 is 5.42. The van der Waals surface area contributed by atoms with Crippen LogP contribution < -0.4 is 11.1 Å². The quantitative estimate of drug-likeness (QED) is 0.701. The molecule has 0 radical (unpaired) electrons. The summed E-state index contributed by atoms with van der Waals surface area (Å²) in [6, 6.07) is 7.56. The molecule has 0 aliphatic carbocycles. The van der Waals surface area contributed by atoms with Gasteiger partial charge < -0.3 is 15.8 Å². The highest BCUT2D eigenvalue weighted by Crippen LogP contribution is 2.08. The van der Waals surface area contributed by atoms with E-state index in [9.17, 15) is 4.79 Å².